The average Bonchev–Trinajstić information content (AvgIpc) is 2.45. The molecule has 0 aromatic heterocycles. The molecule has 4 heteroatoms. The lowest BCUT2D eigenvalue weighted by molar-refractivity contribution is -0.384. The molecule has 4 nitrogen and oxygen atoms in total. The van der Waals surface area contributed by atoms with Gasteiger partial charge >= 0.3 is 0 Å². The van der Waals surface area contributed by atoms with Crippen LogP contribution in [-0.2, 0) is 6.54 Å². The van der Waals surface area contributed by atoms with Gasteiger partial charge in [0.05, 0.1) is 4.92 Å². The Labute approximate surface area is 127 Å². The van der Waals surface area contributed by atoms with Crippen molar-refractivity contribution in [3.63, 3.8) is 0 Å². The number of rotatable bonds is 6. The zero-order valence-corrected chi connectivity index (χ0v) is 13.0. The third kappa shape index (κ3) is 5.12. The second-order valence-electron chi connectivity index (χ2n) is 6.66. The first-order valence-corrected chi connectivity index (χ1v) is 8.01. The molecule has 0 spiro atoms. The molecular weight excluding hydrogens is 264 g/mol. The molecule has 0 saturated heterocycles. The lowest BCUT2D eigenvalue weighted by atomic mass is 9.81. The van der Waals surface area contributed by atoms with E-state index in [-0.39, 0.29) is 10.6 Å². The highest BCUT2D eigenvalue weighted by Crippen LogP contribution is 2.29. The molecule has 1 aromatic carbocycles. The summed E-state index contributed by atoms with van der Waals surface area (Å²) >= 11 is 0. The van der Waals surface area contributed by atoms with Gasteiger partial charge in [-0.25, -0.2) is 0 Å². The molecule has 1 fully saturated rings. The summed E-state index contributed by atoms with van der Waals surface area (Å²) in [7, 11) is 0. The van der Waals surface area contributed by atoms with Gasteiger partial charge in [0.15, 0.2) is 0 Å². The number of hydrogen-bond donors (Lipinski definition) is 1. The molecule has 1 N–H and O–H groups in total. The minimum Gasteiger partial charge on any atom is -0.310 e. The maximum Gasteiger partial charge on any atom is 0.269 e. The molecule has 1 aliphatic carbocycles. The van der Waals surface area contributed by atoms with Crippen LogP contribution in [0, 0.1) is 22.0 Å². The molecule has 0 radical (unpaired) electrons. The SMILES string of the molecule is CC(C)CC1CCCC(NCc2ccc([N+](=O)[O-])cc2)C1. The van der Waals surface area contributed by atoms with Crippen LogP contribution in [0.4, 0.5) is 5.69 Å². The van der Waals surface area contributed by atoms with Gasteiger partial charge in [0.1, 0.15) is 0 Å². The van der Waals surface area contributed by atoms with Crippen LogP contribution in [0.5, 0.6) is 0 Å². The largest absolute Gasteiger partial charge is 0.310 e. The third-order valence-corrected chi connectivity index (χ3v) is 4.33. The summed E-state index contributed by atoms with van der Waals surface area (Å²) in [4.78, 5) is 10.3. The number of nitrogens with zero attached hydrogens (tertiary/aromatic N) is 1. The highest BCUT2D eigenvalue weighted by Gasteiger charge is 2.22. The van der Waals surface area contributed by atoms with E-state index < -0.39 is 0 Å². The van der Waals surface area contributed by atoms with Crippen molar-refractivity contribution in [1.29, 1.82) is 0 Å². The molecule has 1 aliphatic rings. The van der Waals surface area contributed by atoms with E-state index in [0.29, 0.717) is 6.04 Å². The van der Waals surface area contributed by atoms with Gasteiger partial charge in [-0.15, -0.1) is 0 Å². The summed E-state index contributed by atoms with van der Waals surface area (Å²) in [5.74, 6) is 1.64. The van der Waals surface area contributed by atoms with Crippen LogP contribution in [0.1, 0.15) is 51.5 Å². The highest BCUT2D eigenvalue weighted by molar-refractivity contribution is 5.32. The summed E-state index contributed by atoms with van der Waals surface area (Å²) in [5, 5.41) is 14.3. The van der Waals surface area contributed by atoms with E-state index in [1.54, 1.807) is 12.1 Å². The van der Waals surface area contributed by atoms with Crippen LogP contribution in [0.25, 0.3) is 0 Å². The normalized spacial score (nSPS) is 22.4. The van der Waals surface area contributed by atoms with Crippen LogP contribution < -0.4 is 5.32 Å². The minimum absolute atomic E-state index is 0.161. The summed E-state index contributed by atoms with van der Waals surface area (Å²) in [5.41, 5.74) is 1.28. The van der Waals surface area contributed by atoms with Crippen LogP contribution in [0.3, 0.4) is 0 Å². The number of benzene rings is 1. The Morgan fingerprint density at radius 2 is 2.00 bits per heavy atom. The van der Waals surface area contributed by atoms with Gasteiger partial charge in [0.2, 0.25) is 0 Å². The minimum atomic E-state index is -0.352. The average molecular weight is 290 g/mol. The Kier molecular flexibility index (Phi) is 5.74. The van der Waals surface area contributed by atoms with Gasteiger partial charge in [0, 0.05) is 24.7 Å². The fraction of sp³-hybridized carbons (Fsp3) is 0.647. The Morgan fingerprint density at radius 3 is 2.62 bits per heavy atom. The number of non-ortho nitro benzene ring substituents is 1. The smallest absolute Gasteiger partial charge is 0.269 e. The van der Waals surface area contributed by atoms with E-state index in [4.69, 9.17) is 0 Å². The van der Waals surface area contributed by atoms with Crippen molar-refractivity contribution in [2.75, 3.05) is 0 Å². The van der Waals surface area contributed by atoms with Crippen LogP contribution in [0.15, 0.2) is 24.3 Å². The molecule has 116 valence electrons. The zero-order chi connectivity index (χ0) is 15.2. The van der Waals surface area contributed by atoms with Crippen molar-refractivity contribution >= 4 is 5.69 Å². The number of nitrogens with one attached hydrogen (secondary N) is 1. The summed E-state index contributed by atoms with van der Waals surface area (Å²) in [6, 6.07) is 7.45. The van der Waals surface area contributed by atoms with Gasteiger partial charge < -0.3 is 5.32 Å². The summed E-state index contributed by atoms with van der Waals surface area (Å²) in [6.45, 7) is 5.40. The first kappa shape index (κ1) is 16.0. The molecule has 21 heavy (non-hydrogen) atoms. The topological polar surface area (TPSA) is 55.2 Å². The van der Waals surface area contributed by atoms with E-state index in [0.717, 1.165) is 23.9 Å². The van der Waals surface area contributed by atoms with Crippen molar-refractivity contribution < 1.29 is 4.92 Å². The van der Waals surface area contributed by atoms with E-state index in [2.05, 4.69) is 19.2 Å². The number of hydrogen-bond acceptors (Lipinski definition) is 3. The van der Waals surface area contributed by atoms with Crippen molar-refractivity contribution in [2.24, 2.45) is 11.8 Å². The van der Waals surface area contributed by atoms with Crippen molar-refractivity contribution in [1.82, 2.24) is 5.32 Å². The maximum atomic E-state index is 10.6. The molecule has 0 bridgehead atoms. The van der Waals surface area contributed by atoms with Crippen LogP contribution in [-0.4, -0.2) is 11.0 Å². The predicted molar refractivity (Wildman–Crippen MR) is 85.1 cm³/mol. The predicted octanol–water partition coefficient (Wildman–Crippen LogP) is 4.29. The molecule has 1 saturated carbocycles. The Bertz CT molecular complexity index is 456. The molecule has 2 unspecified atom stereocenters. The lowest BCUT2D eigenvalue weighted by Gasteiger charge is -2.31. The fourth-order valence-corrected chi connectivity index (χ4v) is 3.35. The van der Waals surface area contributed by atoms with Crippen LogP contribution >= 0.6 is 0 Å². The second kappa shape index (κ2) is 7.55. The molecule has 0 aliphatic heterocycles. The van der Waals surface area contributed by atoms with Gasteiger partial charge in [-0.2, -0.15) is 0 Å². The Hall–Kier alpha value is -1.42. The molecule has 1 aromatic rings. The van der Waals surface area contributed by atoms with Crippen molar-refractivity contribution in [3.05, 3.63) is 39.9 Å². The first-order chi connectivity index (χ1) is 10.0. The molecule has 0 amide bonds. The molecule has 2 rings (SSSR count). The van der Waals surface area contributed by atoms with Crippen LogP contribution in [0.2, 0.25) is 0 Å². The van der Waals surface area contributed by atoms with E-state index in [1.807, 2.05) is 12.1 Å². The third-order valence-electron chi connectivity index (χ3n) is 4.33. The second-order valence-corrected chi connectivity index (χ2v) is 6.66. The monoisotopic (exact) mass is 290 g/mol. The van der Waals surface area contributed by atoms with E-state index in [9.17, 15) is 10.1 Å². The van der Waals surface area contributed by atoms with E-state index >= 15 is 0 Å². The number of nitro groups is 1. The standard InChI is InChI=1S/C17H26N2O2/c1-13(2)10-15-4-3-5-16(11-15)18-12-14-6-8-17(9-7-14)19(20)21/h6-9,13,15-16,18H,3-5,10-12H2,1-2H3. The van der Waals surface area contributed by atoms with E-state index in [1.165, 1.54) is 32.1 Å². The highest BCUT2D eigenvalue weighted by atomic mass is 16.6. The van der Waals surface area contributed by atoms with Gasteiger partial charge in [0.25, 0.3) is 5.69 Å². The zero-order valence-electron chi connectivity index (χ0n) is 13.0. The van der Waals surface area contributed by atoms with Gasteiger partial charge in [-0.05, 0) is 36.7 Å². The lowest BCUT2D eigenvalue weighted by Crippen LogP contribution is -2.34. The van der Waals surface area contributed by atoms with Gasteiger partial charge in [-0.3, -0.25) is 10.1 Å². The summed E-state index contributed by atoms with van der Waals surface area (Å²) in [6.07, 6.45) is 6.53. The van der Waals surface area contributed by atoms with Crippen molar-refractivity contribution in [2.45, 2.75) is 58.5 Å². The molecule has 0 heterocycles. The molecule has 2 atom stereocenters. The summed E-state index contributed by atoms with van der Waals surface area (Å²) < 4.78 is 0. The maximum absolute atomic E-state index is 10.6. The molecular formula is C17H26N2O2. The Morgan fingerprint density at radius 1 is 1.29 bits per heavy atom. The number of nitro benzene ring substituents is 1. The Balaban J connectivity index is 1.80. The quantitative estimate of drug-likeness (QED) is 0.628. The first-order valence-electron chi connectivity index (χ1n) is 8.01. The van der Waals surface area contributed by atoms with Gasteiger partial charge in [-0.1, -0.05) is 38.8 Å². The fourth-order valence-electron chi connectivity index (χ4n) is 3.35. The van der Waals surface area contributed by atoms with Crippen molar-refractivity contribution in [3.8, 4) is 0 Å².